The number of likely N-dealkylation sites (tertiary alicyclic amines) is 1. The maximum atomic E-state index is 13.3. The minimum Gasteiger partial charge on any atom is -0.506 e. The van der Waals surface area contributed by atoms with Crippen LogP contribution < -0.4 is 4.74 Å². The number of nitrogens with zero attached hydrogens (tertiary/aromatic N) is 2. The molecule has 4 rings (SSSR count). The van der Waals surface area contributed by atoms with Gasteiger partial charge < -0.3 is 19.6 Å². The first-order valence-electron chi connectivity index (χ1n) is 11.0. The second-order valence-electron chi connectivity index (χ2n) is 8.11. The molecule has 1 aliphatic rings. The molecule has 1 heterocycles. The third-order valence-electron chi connectivity index (χ3n) is 5.96. The first-order chi connectivity index (χ1) is 15.5. The van der Waals surface area contributed by atoms with Crippen molar-refractivity contribution in [3.05, 3.63) is 71.8 Å². The van der Waals surface area contributed by atoms with E-state index >= 15 is 0 Å². The first-order valence-corrected chi connectivity index (χ1v) is 11.0. The number of likely N-dealkylation sites (N-methyl/N-ethyl adjacent to an activating group) is 1. The fraction of sp³-hybridized carbons (Fsp3) is 0.308. The number of ether oxygens (including phenoxy) is 1. The topological polar surface area (TPSA) is 70.1 Å². The van der Waals surface area contributed by atoms with Crippen molar-refractivity contribution in [1.82, 2.24) is 9.80 Å². The van der Waals surface area contributed by atoms with Crippen LogP contribution in [0.15, 0.2) is 60.7 Å². The number of amides is 2. The molecule has 1 unspecified atom stereocenters. The Morgan fingerprint density at radius 2 is 1.84 bits per heavy atom. The summed E-state index contributed by atoms with van der Waals surface area (Å²) < 4.78 is 5.47. The number of hydrogen-bond acceptors (Lipinski definition) is 4. The molecule has 32 heavy (non-hydrogen) atoms. The van der Waals surface area contributed by atoms with Crippen LogP contribution in [0.4, 0.5) is 0 Å². The number of carbonyl (C=O) groups is 2. The Morgan fingerprint density at radius 1 is 1.09 bits per heavy atom. The Balaban J connectivity index is 1.49. The minimum absolute atomic E-state index is 0.0334. The lowest BCUT2D eigenvalue weighted by atomic mass is 10.0. The lowest BCUT2D eigenvalue weighted by molar-refractivity contribution is -0.134. The molecule has 1 fully saturated rings. The number of hydrogen-bond donors (Lipinski definition) is 1. The van der Waals surface area contributed by atoms with E-state index in [1.54, 1.807) is 29.0 Å². The van der Waals surface area contributed by atoms with E-state index in [-0.39, 0.29) is 23.1 Å². The molecule has 0 spiro atoms. The fourth-order valence-corrected chi connectivity index (χ4v) is 4.31. The average Bonchev–Trinajstić information content (AvgIpc) is 3.30. The lowest BCUT2D eigenvalue weighted by Gasteiger charge is -2.28. The van der Waals surface area contributed by atoms with Gasteiger partial charge in [-0.25, -0.2) is 0 Å². The summed E-state index contributed by atoms with van der Waals surface area (Å²) in [6.07, 6.45) is 1.37. The highest BCUT2D eigenvalue weighted by Gasteiger charge is 2.37. The number of carbonyl (C=O) groups excluding carboxylic acids is 2. The first kappa shape index (κ1) is 21.7. The molecule has 1 saturated heterocycles. The van der Waals surface area contributed by atoms with Gasteiger partial charge in [-0.15, -0.1) is 0 Å². The highest BCUT2D eigenvalue weighted by atomic mass is 16.5. The largest absolute Gasteiger partial charge is 0.506 e. The van der Waals surface area contributed by atoms with E-state index in [2.05, 4.69) is 0 Å². The summed E-state index contributed by atoms with van der Waals surface area (Å²) in [4.78, 5) is 29.8. The van der Waals surface area contributed by atoms with E-state index in [0.29, 0.717) is 31.5 Å². The zero-order valence-electron chi connectivity index (χ0n) is 18.5. The van der Waals surface area contributed by atoms with Crippen molar-refractivity contribution in [2.24, 2.45) is 0 Å². The Bertz CT molecular complexity index is 1130. The second kappa shape index (κ2) is 9.30. The van der Waals surface area contributed by atoms with E-state index in [9.17, 15) is 14.7 Å². The molecule has 1 atom stereocenters. The van der Waals surface area contributed by atoms with Gasteiger partial charge in [-0.3, -0.25) is 9.59 Å². The van der Waals surface area contributed by atoms with E-state index in [4.69, 9.17) is 4.74 Å². The monoisotopic (exact) mass is 432 g/mol. The van der Waals surface area contributed by atoms with Crippen LogP contribution in [0.25, 0.3) is 10.8 Å². The van der Waals surface area contributed by atoms with Crippen LogP contribution in [0.5, 0.6) is 11.5 Å². The van der Waals surface area contributed by atoms with Crippen LogP contribution in [0, 0.1) is 0 Å². The summed E-state index contributed by atoms with van der Waals surface area (Å²) in [7, 11) is 1.76. The van der Waals surface area contributed by atoms with E-state index in [1.807, 2.05) is 55.5 Å². The van der Waals surface area contributed by atoms with Crippen molar-refractivity contribution >= 4 is 22.6 Å². The van der Waals surface area contributed by atoms with Gasteiger partial charge in [0.1, 0.15) is 17.5 Å². The van der Waals surface area contributed by atoms with Crippen LogP contribution in [-0.2, 0) is 11.3 Å². The summed E-state index contributed by atoms with van der Waals surface area (Å²) in [5.74, 6) is 0.366. The molecule has 6 heteroatoms. The third kappa shape index (κ3) is 4.26. The Labute approximate surface area is 188 Å². The Kier molecular flexibility index (Phi) is 6.30. The van der Waals surface area contributed by atoms with Crippen LogP contribution >= 0.6 is 0 Å². The predicted octanol–water partition coefficient (Wildman–Crippen LogP) is 4.21. The van der Waals surface area contributed by atoms with Crippen LogP contribution in [0.3, 0.4) is 0 Å². The number of phenolic OH excluding ortho intramolecular Hbond substituents is 1. The van der Waals surface area contributed by atoms with Crippen LogP contribution in [0.1, 0.15) is 35.7 Å². The normalized spacial score (nSPS) is 15.7. The minimum atomic E-state index is -0.527. The van der Waals surface area contributed by atoms with Gasteiger partial charge in [0.25, 0.3) is 5.91 Å². The summed E-state index contributed by atoms with van der Waals surface area (Å²) in [6.45, 7) is 3.49. The summed E-state index contributed by atoms with van der Waals surface area (Å²) in [5, 5.41) is 12.2. The average molecular weight is 433 g/mol. The molecule has 166 valence electrons. The van der Waals surface area contributed by atoms with Crippen molar-refractivity contribution in [1.29, 1.82) is 0 Å². The van der Waals surface area contributed by atoms with Crippen molar-refractivity contribution < 1.29 is 19.4 Å². The second-order valence-corrected chi connectivity index (χ2v) is 8.11. The van der Waals surface area contributed by atoms with Gasteiger partial charge >= 0.3 is 0 Å². The third-order valence-corrected chi connectivity index (χ3v) is 5.96. The van der Waals surface area contributed by atoms with Gasteiger partial charge in [-0.05, 0) is 48.9 Å². The molecular formula is C26H28N2O4. The van der Waals surface area contributed by atoms with Crippen LogP contribution in [-0.4, -0.2) is 53.0 Å². The molecule has 0 saturated carbocycles. The molecule has 0 aromatic heterocycles. The Hall–Kier alpha value is -3.54. The molecule has 3 aromatic rings. The van der Waals surface area contributed by atoms with Gasteiger partial charge in [-0.2, -0.15) is 0 Å². The quantitative estimate of drug-likeness (QED) is 0.634. The van der Waals surface area contributed by atoms with Gasteiger partial charge in [-0.1, -0.05) is 42.5 Å². The molecule has 0 radical (unpaired) electrons. The van der Waals surface area contributed by atoms with Crippen molar-refractivity contribution in [2.45, 2.75) is 32.4 Å². The summed E-state index contributed by atoms with van der Waals surface area (Å²) in [6, 6.07) is 18.0. The van der Waals surface area contributed by atoms with Crippen molar-refractivity contribution in [3.8, 4) is 11.5 Å². The van der Waals surface area contributed by atoms with Crippen molar-refractivity contribution in [2.75, 3.05) is 20.2 Å². The molecule has 0 bridgehead atoms. The number of phenols is 1. The molecule has 0 aliphatic carbocycles. The SMILES string of the molecule is CCOc1ccc(CN(C)C(=O)C2CCCN2C(=O)c2ccc3ccccc3c2O)cc1. The lowest BCUT2D eigenvalue weighted by Crippen LogP contribution is -2.46. The van der Waals surface area contributed by atoms with Gasteiger partial charge in [0.2, 0.25) is 5.91 Å². The highest BCUT2D eigenvalue weighted by Crippen LogP contribution is 2.31. The number of aromatic hydroxyl groups is 1. The molecule has 2 amide bonds. The number of fused-ring (bicyclic) bond motifs is 1. The predicted molar refractivity (Wildman–Crippen MR) is 124 cm³/mol. The molecule has 3 aromatic carbocycles. The van der Waals surface area contributed by atoms with E-state index < -0.39 is 6.04 Å². The summed E-state index contributed by atoms with van der Waals surface area (Å²) in [5.41, 5.74) is 1.23. The highest BCUT2D eigenvalue weighted by molar-refractivity contribution is 6.05. The van der Waals surface area contributed by atoms with E-state index in [1.165, 1.54) is 0 Å². The molecule has 6 nitrogen and oxygen atoms in total. The smallest absolute Gasteiger partial charge is 0.258 e. The molecule has 1 N–H and O–H groups in total. The maximum absolute atomic E-state index is 13.3. The standard InChI is InChI=1S/C26H28N2O4/c1-3-32-20-13-10-18(11-14-20)17-27(2)26(31)23-9-6-16-28(23)25(30)22-15-12-19-7-4-5-8-21(19)24(22)29/h4-5,7-8,10-15,23,29H,3,6,9,16-17H2,1-2H3. The molecule has 1 aliphatic heterocycles. The fourth-order valence-electron chi connectivity index (χ4n) is 4.31. The van der Waals surface area contributed by atoms with E-state index in [0.717, 1.165) is 23.1 Å². The zero-order chi connectivity index (χ0) is 22.7. The summed E-state index contributed by atoms with van der Waals surface area (Å²) >= 11 is 0. The number of benzene rings is 3. The van der Waals surface area contributed by atoms with Crippen molar-refractivity contribution in [3.63, 3.8) is 0 Å². The number of rotatable bonds is 6. The van der Waals surface area contributed by atoms with Gasteiger partial charge in [0.05, 0.1) is 12.2 Å². The van der Waals surface area contributed by atoms with Crippen LogP contribution in [0.2, 0.25) is 0 Å². The zero-order valence-corrected chi connectivity index (χ0v) is 18.5. The Morgan fingerprint density at radius 3 is 2.59 bits per heavy atom. The van der Waals surface area contributed by atoms with Gasteiger partial charge in [0.15, 0.2) is 0 Å². The van der Waals surface area contributed by atoms with Gasteiger partial charge in [0, 0.05) is 25.5 Å². The molecular weight excluding hydrogens is 404 g/mol. The maximum Gasteiger partial charge on any atom is 0.258 e.